The number of non-ortho nitro benzene ring substituents is 1. The lowest BCUT2D eigenvalue weighted by Gasteiger charge is -2.14. The molecule has 0 saturated heterocycles. The zero-order chi connectivity index (χ0) is 14.9. The van der Waals surface area contributed by atoms with Crippen LogP contribution in [-0.4, -0.2) is 30.2 Å². The van der Waals surface area contributed by atoms with Crippen molar-refractivity contribution in [2.24, 2.45) is 5.41 Å². The molecule has 1 aromatic heterocycles. The zero-order valence-electron chi connectivity index (χ0n) is 11.8. The summed E-state index contributed by atoms with van der Waals surface area (Å²) in [6, 6.07) is 4.82. The Morgan fingerprint density at radius 3 is 3.00 bits per heavy atom. The van der Waals surface area contributed by atoms with Crippen LogP contribution in [0.15, 0.2) is 22.6 Å². The minimum Gasteiger partial charge on any atom is -0.424 e. The first kappa shape index (κ1) is 13.8. The maximum absolute atomic E-state index is 10.7. The summed E-state index contributed by atoms with van der Waals surface area (Å²) < 4.78 is 10.7. The van der Waals surface area contributed by atoms with E-state index >= 15 is 0 Å². The standard InChI is InChI=1S/C14H17N3O4/c1-20-7-6-14(4-5-14)9-15-13-16-11-8-10(17(18)19)2-3-12(11)21-13/h2-3,8H,4-7,9H2,1H3,(H,15,16). The van der Waals surface area contributed by atoms with E-state index in [4.69, 9.17) is 9.15 Å². The molecule has 1 heterocycles. The molecule has 21 heavy (non-hydrogen) atoms. The van der Waals surface area contributed by atoms with Crippen LogP contribution in [0.25, 0.3) is 11.1 Å². The minimum atomic E-state index is -0.439. The summed E-state index contributed by atoms with van der Waals surface area (Å²) in [6.45, 7) is 1.53. The highest BCUT2D eigenvalue weighted by molar-refractivity contribution is 5.77. The summed E-state index contributed by atoms with van der Waals surface area (Å²) >= 11 is 0. The SMILES string of the molecule is COCCC1(CNc2nc3cc([N+](=O)[O-])ccc3o2)CC1. The van der Waals surface area contributed by atoms with Gasteiger partial charge in [-0.25, -0.2) is 0 Å². The number of hydrogen-bond acceptors (Lipinski definition) is 6. The predicted molar refractivity (Wildman–Crippen MR) is 77.3 cm³/mol. The van der Waals surface area contributed by atoms with Crippen molar-refractivity contribution < 1.29 is 14.1 Å². The number of rotatable bonds is 7. The average Bonchev–Trinajstić information content (AvgIpc) is 3.13. The van der Waals surface area contributed by atoms with E-state index in [1.165, 1.54) is 25.0 Å². The van der Waals surface area contributed by atoms with Crippen LogP contribution in [0.4, 0.5) is 11.7 Å². The van der Waals surface area contributed by atoms with E-state index in [-0.39, 0.29) is 11.1 Å². The van der Waals surface area contributed by atoms with Crippen LogP contribution in [0.2, 0.25) is 0 Å². The molecule has 1 N–H and O–H groups in total. The maximum Gasteiger partial charge on any atom is 0.295 e. The van der Waals surface area contributed by atoms with E-state index in [2.05, 4.69) is 10.3 Å². The highest BCUT2D eigenvalue weighted by Crippen LogP contribution is 2.48. The number of benzene rings is 1. The molecule has 0 radical (unpaired) electrons. The van der Waals surface area contributed by atoms with Gasteiger partial charge < -0.3 is 14.5 Å². The van der Waals surface area contributed by atoms with Gasteiger partial charge in [0.15, 0.2) is 5.58 Å². The number of fused-ring (bicyclic) bond motifs is 1. The highest BCUT2D eigenvalue weighted by Gasteiger charge is 2.42. The van der Waals surface area contributed by atoms with Gasteiger partial charge in [0.1, 0.15) is 5.52 Å². The number of ether oxygens (including phenoxy) is 1. The number of nitro groups is 1. The molecular formula is C14H17N3O4. The first-order chi connectivity index (χ1) is 10.1. The monoisotopic (exact) mass is 291 g/mol. The smallest absolute Gasteiger partial charge is 0.295 e. The molecule has 0 unspecified atom stereocenters. The molecule has 3 rings (SSSR count). The van der Waals surface area contributed by atoms with E-state index < -0.39 is 4.92 Å². The molecule has 0 aliphatic heterocycles. The number of hydrogen-bond donors (Lipinski definition) is 1. The molecule has 1 aromatic carbocycles. The Bertz CT molecular complexity index is 663. The van der Waals surface area contributed by atoms with Gasteiger partial charge in [0.2, 0.25) is 0 Å². The molecule has 1 aliphatic carbocycles. The van der Waals surface area contributed by atoms with Crippen molar-refractivity contribution >= 4 is 22.8 Å². The first-order valence-corrected chi connectivity index (χ1v) is 6.90. The van der Waals surface area contributed by atoms with Crippen LogP contribution in [0, 0.1) is 15.5 Å². The van der Waals surface area contributed by atoms with Crippen LogP contribution in [0.3, 0.4) is 0 Å². The third-order valence-electron chi connectivity index (χ3n) is 3.99. The van der Waals surface area contributed by atoms with Gasteiger partial charge in [-0.05, 0) is 30.7 Å². The minimum absolute atomic E-state index is 0.0149. The summed E-state index contributed by atoms with van der Waals surface area (Å²) in [5.74, 6) is 0. The van der Waals surface area contributed by atoms with Crippen LogP contribution in [-0.2, 0) is 4.74 Å². The molecule has 1 saturated carbocycles. The van der Waals surface area contributed by atoms with Crippen molar-refractivity contribution in [3.05, 3.63) is 28.3 Å². The molecular weight excluding hydrogens is 274 g/mol. The second kappa shape index (κ2) is 5.33. The van der Waals surface area contributed by atoms with E-state index in [9.17, 15) is 10.1 Å². The van der Waals surface area contributed by atoms with Gasteiger partial charge >= 0.3 is 0 Å². The van der Waals surface area contributed by atoms with Gasteiger partial charge in [0.25, 0.3) is 11.7 Å². The largest absolute Gasteiger partial charge is 0.424 e. The molecule has 112 valence electrons. The van der Waals surface area contributed by atoms with Crippen molar-refractivity contribution in [2.45, 2.75) is 19.3 Å². The number of anilines is 1. The van der Waals surface area contributed by atoms with Crippen molar-refractivity contribution in [1.29, 1.82) is 0 Å². The topological polar surface area (TPSA) is 90.4 Å². The number of nitro benzene ring substituents is 1. The molecule has 7 heteroatoms. The molecule has 0 atom stereocenters. The third-order valence-corrected chi connectivity index (χ3v) is 3.99. The van der Waals surface area contributed by atoms with Crippen molar-refractivity contribution in [2.75, 3.05) is 25.6 Å². The molecule has 0 amide bonds. The summed E-state index contributed by atoms with van der Waals surface area (Å²) in [4.78, 5) is 14.6. The molecule has 7 nitrogen and oxygen atoms in total. The van der Waals surface area contributed by atoms with Crippen LogP contribution >= 0.6 is 0 Å². The average molecular weight is 291 g/mol. The molecule has 2 aromatic rings. The van der Waals surface area contributed by atoms with Crippen molar-refractivity contribution in [3.8, 4) is 0 Å². The fourth-order valence-corrected chi connectivity index (χ4v) is 2.38. The van der Waals surface area contributed by atoms with Gasteiger partial charge in [0.05, 0.1) is 4.92 Å². The van der Waals surface area contributed by atoms with Crippen LogP contribution < -0.4 is 5.32 Å². The fourth-order valence-electron chi connectivity index (χ4n) is 2.38. The van der Waals surface area contributed by atoms with Gasteiger partial charge in [-0.2, -0.15) is 4.98 Å². The Morgan fingerprint density at radius 1 is 1.52 bits per heavy atom. The maximum atomic E-state index is 10.7. The van der Waals surface area contributed by atoms with Crippen molar-refractivity contribution in [3.63, 3.8) is 0 Å². The quantitative estimate of drug-likeness (QED) is 0.623. The number of oxazole rings is 1. The van der Waals surface area contributed by atoms with E-state index in [1.54, 1.807) is 13.2 Å². The Balaban J connectivity index is 1.69. The van der Waals surface area contributed by atoms with Gasteiger partial charge in [-0.15, -0.1) is 0 Å². The Kier molecular flexibility index (Phi) is 3.50. The van der Waals surface area contributed by atoms with E-state index in [0.717, 1.165) is 19.6 Å². The lowest BCUT2D eigenvalue weighted by molar-refractivity contribution is -0.384. The second-order valence-electron chi connectivity index (χ2n) is 5.52. The summed E-state index contributed by atoms with van der Waals surface area (Å²) in [5, 5.41) is 13.9. The Labute approximate surface area is 121 Å². The lowest BCUT2D eigenvalue weighted by Crippen LogP contribution is -2.17. The molecule has 1 aliphatic rings. The van der Waals surface area contributed by atoms with Gasteiger partial charge in [-0.3, -0.25) is 10.1 Å². The summed E-state index contributed by atoms with van der Waals surface area (Å²) in [7, 11) is 1.71. The van der Waals surface area contributed by atoms with Crippen LogP contribution in [0.5, 0.6) is 0 Å². The van der Waals surface area contributed by atoms with E-state index in [0.29, 0.717) is 17.1 Å². The third kappa shape index (κ3) is 2.97. The molecule has 1 fully saturated rings. The number of nitrogens with one attached hydrogen (secondary N) is 1. The summed E-state index contributed by atoms with van der Waals surface area (Å²) in [6.07, 6.45) is 3.37. The molecule has 0 spiro atoms. The Morgan fingerprint density at radius 2 is 2.33 bits per heavy atom. The molecule has 0 bridgehead atoms. The Hall–Kier alpha value is -2.15. The van der Waals surface area contributed by atoms with Crippen LogP contribution in [0.1, 0.15) is 19.3 Å². The highest BCUT2D eigenvalue weighted by atomic mass is 16.6. The number of methoxy groups -OCH3 is 1. The lowest BCUT2D eigenvalue weighted by atomic mass is 10.0. The number of nitrogens with zero attached hydrogens (tertiary/aromatic N) is 2. The van der Waals surface area contributed by atoms with E-state index in [1.807, 2.05) is 0 Å². The zero-order valence-corrected chi connectivity index (χ0v) is 11.8. The fraction of sp³-hybridized carbons (Fsp3) is 0.500. The van der Waals surface area contributed by atoms with Crippen molar-refractivity contribution in [1.82, 2.24) is 4.98 Å². The van der Waals surface area contributed by atoms with Gasteiger partial charge in [-0.1, -0.05) is 0 Å². The predicted octanol–water partition coefficient (Wildman–Crippen LogP) is 2.96. The van der Waals surface area contributed by atoms with Gasteiger partial charge in [0, 0.05) is 32.4 Å². The second-order valence-corrected chi connectivity index (χ2v) is 5.52. The number of aromatic nitrogens is 1. The summed E-state index contributed by atoms with van der Waals surface area (Å²) in [5.41, 5.74) is 1.34. The first-order valence-electron chi connectivity index (χ1n) is 6.90. The normalized spacial score (nSPS) is 16.0.